The molecule has 6 rings (SSSR count). The van der Waals surface area contributed by atoms with Gasteiger partial charge in [-0.25, -0.2) is 4.98 Å². The summed E-state index contributed by atoms with van der Waals surface area (Å²) in [4.78, 5) is 16.3. The quantitative estimate of drug-likeness (QED) is 0.295. The van der Waals surface area contributed by atoms with Crippen LogP contribution < -0.4 is 25.0 Å². The molecule has 0 amide bonds. The van der Waals surface area contributed by atoms with Crippen molar-refractivity contribution >= 4 is 50.6 Å². The van der Waals surface area contributed by atoms with Crippen LogP contribution in [0.25, 0.3) is 21.8 Å². The van der Waals surface area contributed by atoms with Crippen molar-refractivity contribution in [3.8, 4) is 11.5 Å². The van der Waals surface area contributed by atoms with Crippen molar-refractivity contribution < 1.29 is 14.2 Å². The lowest BCUT2D eigenvalue weighted by atomic mass is 10.2. The van der Waals surface area contributed by atoms with E-state index < -0.39 is 0 Å². The Kier molecular flexibility index (Phi) is 6.49. The summed E-state index contributed by atoms with van der Waals surface area (Å²) >= 11 is 0. The van der Waals surface area contributed by atoms with Crippen molar-refractivity contribution in [1.82, 2.24) is 15.0 Å². The van der Waals surface area contributed by atoms with Gasteiger partial charge in [-0.1, -0.05) is 6.07 Å². The van der Waals surface area contributed by atoms with Crippen molar-refractivity contribution in [2.24, 2.45) is 0 Å². The fourth-order valence-corrected chi connectivity index (χ4v) is 4.60. The van der Waals surface area contributed by atoms with Crippen LogP contribution in [0.4, 0.5) is 28.8 Å². The number of nitrogens with one attached hydrogen (secondary N) is 2. The number of nitrogens with zero attached hydrogens (tertiary/aromatic N) is 4. The lowest BCUT2D eigenvalue weighted by Crippen LogP contribution is -2.36. The van der Waals surface area contributed by atoms with Crippen LogP contribution in [0.1, 0.15) is 0 Å². The molecule has 9 heteroatoms. The van der Waals surface area contributed by atoms with E-state index in [-0.39, 0.29) is 0 Å². The van der Waals surface area contributed by atoms with Crippen molar-refractivity contribution in [1.29, 1.82) is 0 Å². The van der Waals surface area contributed by atoms with Crippen molar-refractivity contribution in [3.63, 3.8) is 0 Å². The molecule has 0 unspecified atom stereocenters. The number of morpholine rings is 1. The molecule has 9 nitrogen and oxygen atoms in total. The van der Waals surface area contributed by atoms with E-state index in [2.05, 4.69) is 44.8 Å². The molecule has 0 bridgehead atoms. The van der Waals surface area contributed by atoms with Gasteiger partial charge in [0.25, 0.3) is 0 Å². The second kappa shape index (κ2) is 10.4. The molecule has 0 saturated carbocycles. The van der Waals surface area contributed by atoms with E-state index in [9.17, 15) is 0 Å². The van der Waals surface area contributed by atoms with Gasteiger partial charge in [-0.05, 0) is 54.6 Å². The maximum atomic E-state index is 5.55. The first-order chi connectivity index (χ1) is 18.7. The maximum Gasteiger partial charge on any atom is 0.229 e. The van der Waals surface area contributed by atoms with Crippen molar-refractivity contribution in [3.05, 3.63) is 72.9 Å². The molecule has 3 aromatic carbocycles. The molecule has 1 aliphatic heterocycles. The SMILES string of the molecule is COc1cc2nc(Nc3ccc4ncccc4c3)nc(Nc3ccc(N4CCOCC4)cc3)c2cc1OC. The third-order valence-electron chi connectivity index (χ3n) is 6.57. The van der Waals surface area contributed by atoms with Gasteiger partial charge in [0.1, 0.15) is 5.82 Å². The monoisotopic (exact) mass is 508 g/mol. The Labute approximate surface area is 220 Å². The normalized spacial score (nSPS) is 13.5. The first kappa shape index (κ1) is 23.7. The van der Waals surface area contributed by atoms with E-state index in [1.54, 1.807) is 20.4 Å². The molecule has 38 heavy (non-hydrogen) atoms. The summed E-state index contributed by atoms with van der Waals surface area (Å²) in [5.74, 6) is 2.32. The molecule has 5 aromatic rings. The third-order valence-corrected chi connectivity index (χ3v) is 6.57. The van der Waals surface area contributed by atoms with Gasteiger partial charge >= 0.3 is 0 Å². The Bertz CT molecular complexity index is 1590. The number of benzene rings is 3. The number of ether oxygens (including phenoxy) is 3. The molecule has 192 valence electrons. The standard InChI is InChI=1S/C29H28N6O3/c1-36-26-17-23-25(18-27(26)37-2)33-29(32-21-7-10-24-19(16-21)4-3-11-30-24)34-28(23)31-20-5-8-22(9-6-20)35-12-14-38-15-13-35/h3-11,16-18H,12-15H2,1-2H3,(H2,31,32,33,34). The van der Waals surface area contributed by atoms with Gasteiger partial charge < -0.3 is 29.7 Å². The third kappa shape index (κ3) is 4.83. The average Bonchev–Trinajstić information content (AvgIpc) is 2.97. The number of anilines is 5. The van der Waals surface area contributed by atoms with Crippen LogP contribution in [0.15, 0.2) is 72.9 Å². The average molecular weight is 509 g/mol. The summed E-state index contributed by atoms with van der Waals surface area (Å²) in [6, 6.07) is 22.0. The predicted octanol–water partition coefficient (Wildman–Crippen LogP) is 5.52. The summed E-state index contributed by atoms with van der Waals surface area (Å²) in [7, 11) is 3.23. The zero-order chi connectivity index (χ0) is 25.9. The summed E-state index contributed by atoms with van der Waals surface area (Å²) < 4.78 is 16.6. The van der Waals surface area contributed by atoms with Crippen LogP contribution in [0.2, 0.25) is 0 Å². The second-order valence-electron chi connectivity index (χ2n) is 8.93. The maximum absolute atomic E-state index is 5.55. The molecule has 0 atom stereocenters. The highest BCUT2D eigenvalue weighted by Crippen LogP contribution is 2.36. The summed E-state index contributed by atoms with van der Waals surface area (Å²) in [6.07, 6.45) is 1.79. The molecule has 2 aromatic heterocycles. The molecule has 3 heterocycles. The van der Waals surface area contributed by atoms with E-state index in [1.807, 2.05) is 42.5 Å². The number of pyridine rings is 1. The zero-order valence-corrected chi connectivity index (χ0v) is 21.3. The van der Waals surface area contributed by atoms with Crippen LogP contribution in [-0.4, -0.2) is 55.5 Å². The highest BCUT2D eigenvalue weighted by atomic mass is 16.5. The van der Waals surface area contributed by atoms with E-state index in [0.717, 1.165) is 59.5 Å². The molecular formula is C29H28N6O3. The van der Waals surface area contributed by atoms with Gasteiger partial charge in [-0.3, -0.25) is 4.98 Å². The topological polar surface area (TPSA) is 93.7 Å². The van der Waals surface area contributed by atoms with E-state index >= 15 is 0 Å². The summed E-state index contributed by atoms with van der Waals surface area (Å²) in [6.45, 7) is 3.29. The molecular weight excluding hydrogens is 480 g/mol. The number of hydrogen-bond donors (Lipinski definition) is 2. The first-order valence-electron chi connectivity index (χ1n) is 12.5. The van der Waals surface area contributed by atoms with Crippen LogP contribution in [-0.2, 0) is 4.74 Å². The Hall–Kier alpha value is -4.63. The van der Waals surface area contributed by atoms with Gasteiger partial charge in [0.05, 0.1) is 38.5 Å². The van der Waals surface area contributed by atoms with Crippen molar-refractivity contribution in [2.75, 3.05) is 56.1 Å². The minimum absolute atomic E-state index is 0.459. The Morgan fingerprint density at radius 3 is 2.34 bits per heavy atom. The van der Waals surface area contributed by atoms with Crippen molar-refractivity contribution in [2.45, 2.75) is 0 Å². The second-order valence-corrected chi connectivity index (χ2v) is 8.93. The van der Waals surface area contributed by atoms with Gasteiger partial charge in [-0.15, -0.1) is 0 Å². The van der Waals surface area contributed by atoms with E-state index in [1.165, 1.54) is 5.69 Å². The molecule has 1 fully saturated rings. The van der Waals surface area contributed by atoms with Crippen LogP contribution in [0.3, 0.4) is 0 Å². The number of aromatic nitrogens is 3. The molecule has 1 aliphatic rings. The van der Waals surface area contributed by atoms with E-state index in [4.69, 9.17) is 24.2 Å². The lowest BCUT2D eigenvalue weighted by molar-refractivity contribution is 0.122. The minimum Gasteiger partial charge on any atom is -0.493 e. The molecule has 1 saturated heterocycles. The van der Waals surface area contributed by atoms with Crippen LogP contribution >= 0.6 is 0 Å². The molecule has 0 aliphatic carbocycles. The Morgan fingerprint density at radius 1 is 0.789 bits per heavy atom. The lowest BCUT2D eigenvalue weighted by Gasteiger charge is -2.29. The highest BCUT2D eigenvalue weighted by Gasteiger charge is 2.15. The van der Waals surface area contributed by atoms with Gasteiger partial charge in [-0.2, -0.15) is 4.98 Å². The smallest absolute Gasteiger partial charge is 0.229 e. The van der Waals surface area contributed by atoms with Crippen LogP contribution in [0.5, 0.6) is 11.5 Å². The number of hydrogen-bond acceptors (Lipinski definition) is 9. The fourth-order valence-electron chi connectivity index (χ4n) is 4.60. The van der Waals surface area contributed by atoms with E-state index in [0.29, 0.717) is 23.3 Å². The summed E-state index contributed by atoms with van der Waals surface area (Å²) in [5, 5.41) is 8.68. The summed E-state index contributed by atoms with van der Waals surface area (Å²) in [5.41, 5.74) is 4.60. The number of fused-ring (bicyclic) bond motifs is 2. The van der Waals surface area contributed by atoms with Crippen LogP contribution in [0, 0.1) is 0 Å². The Morgan fingerprint density at radius 2 is 1.55 bits per heavy atom. The zero-order valence-electron chi connectivity index (χ0n) is 21.3. The van der Waals surface area contributed by atoms with Gasteiger partial charge in [0.2, 0.25) is 5.95 Å². The molecule has 2 N–H and O–H groups in total. The largest absolute Gasteiger partial charge is 0.493 e. The van der Waals surface area contributed by atoms with Gasteiger partial charge in [0.15, 0.2) is 11.5 Å². The number of methoxy groups -OCH3 is 2. The fraction of sp³-hybridized carbons (Fsp3) is 0.207. The van der Waals surface area contributed by atoms with Gasteiger partial charge in [0, 0.05) is 53.2 Å². The number of rotatable bonds is 7. The molecule has 0 radical (unpaired) electrons. The predicted molar refractivity (Wildman–Crippen MR) is 150 cm³/mol. The highest BCUT2D eigenvalue weighted by molar-refractivity contribution is 5.94. The molecule has 0 spiro atoms. The Balaban J connectivity index is 1.36. The first-order valence-corrected chi connectivity index (χ1v) is 12.5. The minimum atomic E-state index is 0.459.